The third-order valence-corrected chi connectivity index (χ3v) is 3.50. The van der Waals surface area contributed by atoms with E-state index in [0.29, 0.717) is 18.2 Å². The van der Waals surface area contributed by atoms with Crippen LogP contribution in [0.1, 0.15) is 27.3 Å². The molecule has 0 fully saturated rings. The maximum Gasteiger partial charge on any atom is 0.270 e. The van der Waals surface area contributed by atoms with Crippen LogP contribution in [-0.2, 0) is 6.54 Å². The zero-order valence-electron chi connectivity index (χ0n) is 14.8. The molecule has 0 bridgehead atoms. The number of aromatic nitrogens is 2. The normalized spacial score (nSPS) is 10.7. The monoisotopic (exact) mass is 327 g/mol. The van der Waals surface area contributed by atoms with Gasteiger partial charge in [-0.25, -0.2) is 9.97 Å². The van der Waals surface area contributed by atoms with Crippen LogP contribution < -0.4 is 10.6 Å². The fourth-order valence-corrected chi connectivity index (χ4v) is 2.13. The molecule has 128 valence electrons. The standard InChI is InChI=1S/C18H25N5O/c1-13-5-7-15(8-6-13)12-20-17(24)16-11-14(2)21-18(22-16)19-9-10-23(3)4/h5-8,11H,9-10,12H2,1-4H3,(H,20,24)(H,19,21,22). The smallest absolute Gasteiger partial charge is 0.270 e. The number of rotatable bonds is 7. The molecule has 2 aromatic rings. The van der Waals surface area contributed by atoms with Crippen molar-refractivity contribution in [2.75, 3.05) is 32.5 Å². The van der Waals surface area contributed by atoms with Crippen molar-refractivity contribution in [1.29, 1.82) is 0 Å². The van der Waals surface area contributed by atoms with E-state index in [9.17, 15) is 4.79 Å². The maximum absolute atomic E-state index is 12.3. The molecule has 0 saturated carbocycles. The first kappa shape index (κ1) is 17.9. The number of carbonyl (C=O) groups is 1. The van der Waals surface area contributed by atoms with E-state index in [-0.39, 0.29) is 5.91 Å². The Labute approximate surface area is 143 Å². The summed E-state index contributed by atoms with van der Waals surface area (Å²) in [7, 11) is 4.01. The van der Waals surface area contributed by atoms with Gasteiger partial charge in [-0.3, -0.25) is 4.79 Å². The average Bonchev–Trinajstić information content (AvgIpc) is 2.53. The van der Waals surface area contributed by atoms with Crippen LogP contribution >= 0.6 is 0 Å². The van der Waals surface area contributed by atoms with E-state index < -0.39 is 0 Å². The molecular formula is C18H25N5O. The van der Waals surface area contributed by atoms with E-state index in [0.717, 1.165) is 24.3 Å². The molecule has 6 nitrogen and oxygen atoms in total. The minimum atomic E-state index is -0.197. The van der Waals surface area contributed by atoms with Crippen LogP contribution in [-0.4, -0.2) is 48.0 Å². The number of benzene rings is 1. The Morgan fingerprint density at radius 3 is 2.50 bits per heavy atom. The molecule has 2 rings (SSSR count). The van der Waals surface area contributed by atoms with Gasteiger partial charge >= 0.3 is 0 Å². The summed E-state index contributed by atoms with van der Waals surface area (Å²) >= 11 is 0. The summed E-state index contributed by atoms with van der Waals surface area (Å²) < 4.78 is 0. The van der Waals surface area contributed by atoms with Crippen molar-refractivity contribution < 1.29 is 4.79 Å². The van der Waals surface area contributed by atoms with E-state index in [4.69, 9.17) is 0 Å². The zero-order valence-corrected chi connectivity index (χ0v) is 14.8. The molecule has 1 aromatic heterocycles. The van der Waals surface area contributed by atoms with E-state index in [1.807, 2.05) is 52.2 Å². The van der Waals surface area contributed by atoms with Gasteiger partial charge in [0.1, 0.15) is 5.69 Å². The molecular weight excluding hydrogens is 302 g/mol. The SMILES string of the molecule is Cc1ccc(CNC(=O)c2cc(C)nc(NCCN(C)C)n2)cc1. The van der Waals surface area contributed by atoms with Crippen molar-refractivity contribution in [2.45, 2.75) is 20.4 Å². The van der Waals surface area contributed by atoms with E-state index >= 15 is 0 Å². The van der Waals surface area contributed by atoms with E-state index in [2.05, 4.69) is 25.5 Å². The highest BCUT2D eigenvalue weighted by molar-refractivity contribution is 5.92. The van der Waals surface area contributed by atoms with Crippen molar-refractivity contribution in [2.24, 2.45) is 0 Å². The van der Waals surface area contributed by atoms with Crippen molar-refractivity contribution in [3.8, 4) is 0 Å². The van der Waals surface area contributed by atoms with Crippen LogP contribution in [0.2, 0.25) is 0 Å². The first-order valence-corrected chi connectivity index (χ1v) is 8.02. The summed E-state index contributed by atoms with van der Waals surface area (Å²) in [6, 6.07) is 9.78. The van der Waals surface area contributed by atoms with E-state index in [1.165, 1.54) is 5.56 Å². The van der Waals surface area contributed by atoms with Gasteiger partial charge in [0.15, 0.2) is 0 Å². The Balaban J connectivity index is 1.97. The summed E-state index contributed by atoms with van der Waals surface area (Å²) in [6.45, 7) is 5.96. The third kappa shape index (κ3) is 5.62. The number of amides is 1. The summed E-state index contributed by atoms with van der Waals surface area (Å²) in [5, 5.41) is 6.05. The Morgan fingerprint density at radius 1 is 1.12 bits per heavy atom. The Hall–Kier alpha value is -2.47. The van der Waals surface area contributed by atoms with Gasteiger partial charge in [-0.05, 0) is 39.6 Å². The molecule has 0 unspecified atom stereocenters. The highest BCUT2D eigenvalue weighted by atomic mass is 16.1. The van der Waals surface area contributed by atoms with Gasteiger partial charge in [-0.2, -0.15) is 0 Å². The maximum atomic E-state index is 12.3. The van der Waals surface area contributed by atoms with Gasteiger partial charge in [0.05, 0.1) is 0 Å². The van der Waals surface area contributed by atoms with Gasteiger partial charge in [-0.1, -0.05) is 29.8 Å². The minimum Gasteiger partial charge on any atom is -0.353 e. The predicted molar refractivity (Wildman–Crippen MR) is 96.2 cm³/mol. The zero-order chi connectivity index (χ0) is 17.5. The lowest BCUT2D eigenvalue weighted by molar-refractivity contribution is 0.0945. The van der Waals surface area contributed by atoms with Crippen LogP contribution in [0, 0.1) is 13.8 Å². The van der Waals surface area contributed by atoms with Gasteiger partial charge < -0.3 is 15.5 Å². The molecule has 2 N–H and O–H groups in total. The summed E-state index contributed by atoms with van der Waals surface area (Å²) in [5.74, 6) is 0.286. The molecule has 1 heterocycles. The highest BCUT2D eigenvalue weighted by Gasteiger charge is 2.10. The van der Waals surface area contributed by atoms with Crippen LogP contribution in [0.3, 0.4) is 0 Å². The van der Waals surface area contributed by atoms with Crippen LogP contribution in [0.4, 0.5) is 5.95 Å². The van der Waals surface area contributed by atoms with Crippen molar-refractivity contribution in [3.63, 3.8) is 0 Å². The molecule has 0 saturated heterocycles. The lowest BCUT2D eigenvalue weighted by Gasteiger charge is -2.11. The number of aryl methyl sites for hydroxylation is 2. The molecule has 0 aliphatic heterocycles. The molecule has 0 aliphatic rings. The molecule has 0 radical (unpaired) electrons. The number of likely N-dealkylation sites (N-methyl/N-ethyl adjacent to an activating group) is 1. The highest BCUT2D eigenvalue weighted by Crippen LogP contribution is 2.06. The number of hydrogen-bond donors (Lipinski definition) is 2. The number of carbonyl (C=O) groups excluding carboxylic acids is 1. The molecule has 1 aromatic carbocycles. The van der Waals surface area contributed by atoms with Crippen LogP contribution in [0.15, 0.2) is 30.3 Å². The molecule has 0 atom stereocenters. The molecule has 0 aliphatic carbocycles. The quantitative estimate of drug-likeness (QED) is 0.814. The average molecular weight is 327 g/mol. The number of nitrogens with zero attached hydrogens (tertiary/aromatic N) is 3. The van der Waals surface area contributed by atoms with Crippen LogP contribution in [0.5, 0.6) is 0 Å². The summed E-state index contributed by atoms with van der Waals surface area (Å²) in [4.78, 5) is 23.0. The first-order valence-electron chi connectivity index (χ1n) is 8.02. The third-order valence-electron chi connectivity index (χ3n) is 3.50. The van der Waals surface area contributed by atoms with Gasteiger partial charge in [0, 0.05) is 25.3 Å². The second-order valence-corrected chi connectivity index (χ2v) is 6.12. The van der Waals surface area contributed by atoms with Crippen LogP contribution in [0.25, 0.3) is 0 Å². The second-order valence-electron chi connectivity index (χ2n) is 6.12. The minimum absolute atomic E-state index is 0.197. The topological polar surface area (TPSA) is 70.2 Å². The Morgan fingerprint density at radius 2 is 1.83 bits per heavy atom. The number of nitrogens with one attached hydrogen (secondary N) is 2. The van der Waals surface area contributed by atoms with Crippen molar-refractivity contribution >= 4 is 11.9 Å². The molecule has 0 spiro atoms. The molecule has 24 heavy (non-hydrogen) atoms. The first-order chi connectivity index (χ1) is 11.4. The van der Waals surface area contributed by atoms with E-state index in [1.54, 1.807) is 6.07 Å². The number of anilines is 1. The van der Waals surface area contributed by atoms with Crippen molar-refractivity contribution in [3.05, 3.63) is 52.8 Å². The molecule has 1 amide bonds. The predicted octanol–water partition coefficient (Wildman–Crippen LogP) is 2.00. The summed E-state index contributed by atoms with van der Waals surface area (Å²) in [5.41, 5.74) is 3.40. The lowest BCUT2D eigenvalue weighted by Crippen LogP contribution is -2.25. The summed E-state index contributed by atoms with van der Waals surface area (Å²) in [6.07, 6.45) is 0. The largest absolute Gasteiger partial charge is 0.353 e. The Kier molecular flexibility index (Phi) is 6.26. The Bertz CT molecular complexity index is 682. The molecule has 6 heteroatoms. The second kappa shape index (κ2) is 8.40. The number of hydrogen-bond acceptors (Lipinski definition) is 5. The van der Waals surface area contributed by atoms with Gasteiger partial charge in [0.25, 0.3) is 5.91 Å². The van der Waals surface area contributed by atoms with Crippen molar-refractivity contribution in [1.82, 2.24) is 20.2 Å². The fourth-order valence-electron chi connectivity index (χ4n) is 2.13. The van der Waals surface area contributed by atoms with Gasteiger partial charge in [-0.15, -0.1) is 0 Å². The fraction of sp³-hybridized carbons (Fsp3) is 0.389. The van der Waals surface area contributed by atoms with Gasteiger partial charge in [0.2, 0.25) is 5.95 Å². The lowest BCUT2D eigenvalue weighted by atomic mass is 10.1.